The number of benzene rings is 2. The zero-order chi connectivity index (χ0) is 18.5. The highest BCUT2D eigenvalue weighted by atomic mass is 16.5. The van der Waals surface area contributed by atoms with Crippen molar-refractivity contribution < 1.29 is 9.53 Å². The van der Waals surface area contributed by atoms with Gasteiger partial charge < -0.3 is 15.4 Å². The molecule has 1 aromatic heterocycles. The van der Waals surface area contributed by atoms with Crippen molar-refractivity contribution in [2.24, 2.45) is 0 Å². The highest BCUT2D eigenvalue weighted by molar-refractivity contribution is 6.08. The minimum absolute atomic E-state index is 0.220. The number of carbonyl (C=O) groups excluding carboxylic acids is 1. The van der Waals surface area contributed by atoms with E-state index in [0.29, 0.717) is 22.9 Å². The number of rotatable bonds is 5. The molecule has 3 rings (SSSR count). The molecule has 0 aliphatic rings. The van der Waals surface area contributed by atoms with Crippen LogP contribution in [0.4, 0.5) is 17.3 Å². The van der Waals surface area contributed by atoms with Crippen molar-refractivity contribution in [1.82, 2.24) is 9.97 Å². The number of carbonyl (C=O) groups is 1. The van der Waals surface area contributed by atoms with Crippen LogP contribution >= 0.6 is 0 Å². The summed E-state index contributed by atoms with van der Waals surface area (Å²) in [6, 6.07) is 16.3. The number of methoxy groups -OCH3 is 1. The molecule has 0 spiro atoms. The first-order valence-corrected chi connectivity index (χ1v) is 8.19. The van der Waals surface area contributed by atoms with Crippen LogP contribution in [0.15, 0.2) is 54.6 Å². The Bertz CT molecular complexity index is 903. The number of aromatic nitrogens is 2. The van der Waals surface area contributed by atoms with Crippen molar-refractivity contribution >= 4 is 23.2 Å². The van der Waals surface area contributed by atoms with Gasteiger partial charge in [-0.25, -0.2) is 9.97 Å². The lowest BCUT2D eigenvalue weighted by atomic mass is 10.1. The Morgan fingerprint density at radius 2 is 1.62 bits per heavy atom. The van der Waals surface area contributed by atoms with E-state index < -0.39 is 0 Å². The maximum absolute atomic E-state index is 12.7. The van der Waals surface area contributed by atoms with E-state index in [-0.39, 0.29) is 5.91 Å². The van der Waals surface area contributed by atoms with E-state index in [0.717, 1.165) is 17.1 Å². The van der Waals surface area contributed by atoms with E-state index in [4.69, 9.17) is 4.74 Å². The van der Waals surface area contributed by atoms with Gasteiger partial charge in [-0.3, -0.25) is 4.79 Å². The summed E-state index contributed by atoms with van der Waals surface area (Å²) >= 11 is 0. The molecule has 0 saturated heterocycles. The van der Waals surface area contributed by atoms with Crippen molar-refractivity contribution in [2.45, 2.75) is 13.8 Å². The number of hydrogen-bond acceptors (Lipinski definition) is 5. The summed E-state index contributed by atoms with van der Waals surface area (Å²) in [6.45, 7) is 3.81. The normalized spacial score (nSPS) is 10.3. The lowest BCUT2D eigenvalue weighted by molar-refractivity contribution is 0.102. The number of nitrogens with zero attached hydrogens (tertiary/aromatic N) is 2. The molecule has 0 aliphatic carbocycles. The fraction of sp³-hybridized carbons (Fsp3) is 0.150. The van der Waals surface area contributed by atoms with Crippen LogP contribution in [0.3, 0.4) is 0 Å². The Labute approximate surface area is 152 Å². The molecule has 132 valence electrons. The second-order valence-corrected chi connectivity index (χ2v) is 5.83. The molecule has 0 atom stereocenters. The Kier molecular flexibility index (Phi) is 5.12. The van der Waals surface area contributed by atoms with E-state index in [2.05, 4.69) is 20.6 Å². The quantitative estimate of drug-likeness (QED) is 0.726. The van der Waals surface area contributed by atoms with Gasteiger partial charge in [0.05, 0.1) is 18.4 Å². The van der Waals surface area contributed by atoms with Crippen LogP contribution in [0.25, 0.3) is 0 Å². The number of aryl methyl sites for hydroxylation is 2. The van der Waals surface area contributed by atoms with E-state index in [1.807, 2.05) is 38.1 Å². The monoisotopic (exact) mass is 348 g/mol. The van der Waals surface area contributed by atoms with E-state index in [9.17, 15) is 4.79 Å². The smallest absolute Gasteiger partial charge is 0.257 e. The number of ether oxygens (including phenoxy) is 1. The van der Waals surface area contributed by atoms with Gasteiger partial charge in [-0.2, -0.15) is 0 Å². The summed E-state index contributed by atoms with van der Waals surface area (Å²) in [6.07, 6.45) is 0. The molecule has 0 bridgehead atoms. The molecular weight excluding hydrogens is 328 g/mol. The van der Waals surface area contributed by atoms with E-state index >= 15 is 0 Å². The molecule has 1 heterocycles. The first-order chi connectivity index (χ1) is 12.5. The molecule has 2 aromatic carbocycles. The third-order valence-electron chi connectivity index (χ3n) is 3.75. The summed E-state index contributed by atoms with van der Waals surface area (Å²) in [4.78, 5) is 21.4. The van der Waals surface area contributed by atoms with Crippen LogP contribution in [-0.4, -0.2) is 23.0 Å². The molecular formula is C20H20N4O2. The highest BCUT2D eigenvalue weighted by Crippen LogP contribution is 2.21. The van der Waals surface area contributed by atoms with E-state index in [1.165, 1.54) is 0 Å². The molecule has 0 saturated carbocycles. The molecule has 1 amide bonds. The lowest BCUT2D eigenvalue weighted by Crippen LogP contribution is -2.14. The Hall–Kier alpha value is -3.41. The predicted octanol–water partition coefficient (Wildman–Crippen LogP) is 4.10. The first-order valence-electron chi connectivity index (χ1n) is 8.19. The van der Waals surface area contributed by atoms with Crippen LogP contribution < -0.4 is 15.4 Å². The average molecular weight is 348 g/mol. The van der Waals surface area contributed by atoms with Gasteiger partial charge in [0.2, 0.25) is 5.95 Å². The molecule has 26 heavy (non-hydrogen) atoms. The number of para-hydroxylation sites is 1. The number of anilines is 3. The molecule has 2 N–H and O–H groups in total. The largest absolute Gasteiger partial charge is 0.497 e. The molecule has 3 aromatic rings. The highest BCUT2D eigenvalue weighted by Gasteiger charge is 2.12. The van der Waals surface area contributed by atoms with Crippen LogP contribution in [0, 0.1) is 13.8 Å². The SMILES string of the molecule is COc1ccc(NC(=O)c2ccccc2Nc2nc(C)cc(C)n2)cc1. The van der Waals surface area contributed by atoms with Gasteiger partial charge >= 0.3 is 0 Å². The molecule has 0 fully saturated rings. The third-order valence-corrected chi connectivity index (χ3v) is 3.75. The van der Waals surface area contributed by atoms with Crippen LogP contribution in [0.5, 0.6) is 5.75 Å². The molecule has 6 heteroatoms. The zero-order valence-corrected chi connectivity index (χ0v) is 14.9. The van der Waals surface area contributed by atoms with Gasteiger partial charge in [-0.1, -0.05) is 12.1 Å². The first kappa shape index (κ1) is 17.4. The standard InChI is InChI=1S/C20H20N4O2/c1-13-12-14(2)22-20(21-13)24-18-7-5-4-6-17(18)19(25)23-15-8-10-16(26-3)11-9-15/h4-12H,1-3H3,(H,23,25)(H,21,22,24). The maximum Gasteiger partial charge on any atom is 0.257 e. The summed E-state index contributed by atoms with van der Waals surface area (Å²) in [5.41, 5.74) is 3.56. The van der Waals surface area contributed by atoms with Gasteiger partial charge in [0.15, 0.2) is 0 Å². The number of nitrogens with one attached hydrogen (secondary N) is 2. The van der Waals surface area contributed by atoms with Crippen LogP contribution in [0.2, 0.25) is 0 Å². The second-order valence-electron chi connectivity index (χ2n) is 5.83. The Balaban J connectivity index is 1.82. The minimum atomic E-state index is -0.220. The van der Waals surface area contributed by atoms with Crippen molar-refractivity contribution in [3.8, 4) is 5.75 Å². The lowest BCUT2D eigenvalue weighted by Gasteiger charge is -2.12. The van der Waals surface area contributed by atoms with Gasteiger partial charge in [0.25, 0.3) is 5.91 Å². The fourth-order valence-electron chi connectivity index (χ4n) is 2.57. The van der Waals surface area contributed by atoms with Crippen molar-refractivity contribution in [2.75, 3.05) is 17.7 Å². The Morgan fingerprint density at radius 3 is 2.27 bits per heavy atom. The van der Waals surface area contributed by atoms with E-state index in [1.54, 1.807) is 37.4 Å². The fourth-order valence-corrected chi connectivity index (χ4v) is 2.57. The Morgan fingerprint density at radius 1 is 0.962 bits per heavy atom. The number of hydrogen-bond donors (Lipinski definition) is 2. The molecule has 0 unspecified atom stereocenters. The number of amides is 1. The summed E-state index contributed by atoms with van der Waals surface area (Å²) in [5.74, 6) is 0.979. The van der Waals surface area contributed by atoms with Gasteiger partial charge in [0.1, 0.15) is 5.75 Å². The summed E-state index contributed by atoms with van der Waals surface area (Å²) < 4.78 is 5.13. The average Bonchev–Trinajstić information content (AvgIpc) is 2.62. The van der Waals surface area contributed by atoms with Crippen LogP contribution in [-0.2, 0) is 0 Å². The van der Waals surface area contributed by atoms with Crippen molar-refractivity contribution in [3.63, 3.8) is 0 Å². The predicted molar refractivity (Wildman–Crippen MR) is 102 cm³/mol. The molecule has 0 aliphatic heterocycles. The topological polar surface area (TPSA) is 76.1 Å². The van der Waals surface area contributed by atoms with Crippen molar-refractivity contribution in [3.05, 3.63) is 71.5 Å². The summed E-state index contributed by atoms with van der Waals surface area (Å²) in [7, 11) is 1.60. The summed E-state index contributed by atoms with van der Waals surface area (Å²) in [5, 5.41) is 6.02. The van der Waals surface area contributed by atoms with Gasteiger partial charge in [-0.15, -0.1) is 0 Å². The van der Waals surface area contributed by atoms with Crippen molar-refractivity contribution in [1.29, 1.82) is 0 Å². The molecule has 6 nitrogen and oxygen atoms in total. The zero-order valence-electron chi connectivity index (χ0n) is 14.9. The van der Waals surface area contributed by atoms with Crippen LogP contribution in [0.1, 0.15) is 21.7 Å². The maximum atomic E-state index is 12.7. The van der Waals surface area contributed by atoms with Gasteiger partial charge in [-0.05, 0) is 56.3 Å². The second kappa shape index (κ2) is 7.65. The van der Waals surface area contributed by atoms with Gasteiger partial charge in [0, 0.05) is 17.1 Å². The third kappa shape index (κ3) is 4.16. The molecule has 0 radical (unpaired) electrons. The minimum Gasteiger partial charge on any atom is -0.497 e.